The average Bonchev–Trinajstić information content (AvgIpc) is 3.23. The number of thiophene rings is 1. The first kappa shape index (κ1) is 31.7. The topological polar surface area (TPSA) is 78.6 Å². The lowest BCUT2D eigenvalue weighted by molar-refractivity contribution is -0.138. The van der Waals surface area contributed by atoms with Crippen LogP contribution in [0.15, 0.2) is 41.8 Å². The third-order valence-corrected chi connectivity index (χ3v) is 5.63. The van der Waals surface area contributed by atoms with Gasteiger partial charge in [0.25, 0.3) is 6.47 Å². The van der Waals surface area contributed by atoms with Gasteiger partial charge in [0.15, 0.2) is 0 Å². The van der Waals surface area contributed by atoms with E-state index in [0.29, 0.717) is 23.6 Å². The van der Waals surface area contributed by atoms with Crippen LogP contribution in [-0.2, 0) is 20.7 Å². The summed E-state index contributed by atoms with van der Waals surface area (Å²) >= 11 is 1.30. The number of nitrogen functional groups attached to an aromatic ring is 1. The smallest absolute Gasteiger partial charge is 0.350 e. The van der Waals surface area contributed by atoms with Crippen LogP contribution < -0.4 is 5.73 Å². The normalized spacial score (nSPS) is 10.3. The summed E-state index contributed by atoms with van der Waals surface area (Å²) < 4.78 is 9.31. The zero-order valence-electron chi connectivity index (χ0n) is 21.8. The highest BCUT2D eigenvalue weighted by molar-refractivity contribution is 7.12. The molecule has 0 saturated heterocycles. The van der Waals surface area contributed by atoms with E-state index in [2.05, 4.69) is 42.0 Å². The van der Waals surface area contributed by atoms with Crippen molar-refractivity contribution in [3.05, 3.63) is 52.2 Å². The number of hydrogen-bond donors (Lipinski definition) is 1. The number of ether oxygens (including phenoxy) is 2. The largest absolute Gasteiger partial charge is 0.462 e. The standard InChI is InChI=1S/C16H26.C7H9NO2S.C5H10O2/c1-2-3-4-5-6-7-8-10-13-16-14-11-9-12-15-16;1-2-10-7(9)6-5(8)3-4-11-6;1-5(2,3)7-4-6/h9,11-12,14-15H,2-8,10,13H2,1H3;3-4H,2,8H2,1H3;4H,1-3H3. The monoisotopic (exact) mass is 491 g/mol. The fourth-order valence-corrected chi connectivity index (χ4v) is 3.64. The Morgan fingerprint density at radius 1 is 0.941 bits per heavy atom. The minimum absolute atomic E-state index is 0.318. The Morgan fingerprint density at radius 2 is 1.53 bits per heavy atom. The molecule has 0 atom stereocenters. The number of carbonyl (C=O) groups excluding carboxylic acids is 2. The summed E-state index contributed by atoms with van der Waals surface area (Å²) in [6, 6.07) is 12.5. The number of benzene rings is 1. The Morgan fingerprint density at radius 3 is 1.97 bits per heavy atom. The molecule has 0 saturated carbocycles. The predicted molar refractivity (Wildman–Crippen MR) is 144 cm³/mol. The number of nitrogens with two attached hydrogens (primary N) is 1. The van der Waals surface area contributed by atoms with E-state index in [1.54, 1.807) is 18.4 Å². The van der Waals surface area contributed by atoms with Crippen molar-refractivity contribution in [2.75, 3.05) is 12.3 Å². The van der Waals surface area contributed by atoms with E-state index in [9.17, 15) is 9.59 Å². The number of anilines is 1. The first-order chi connectivity index (χ1) is 16.2. The highest BCUT2D eigenvalue weighted by Crippen LogP contribution is 2.19. The van der Waals surface area contributed by atoms with E-state index in [4.69, 9.17) is 10.5 Å². The molecule has 1 aromatic carbocycles. The van der Waals surface area contributed by atoms with Crippen molar-refractivity contribution >= 4 is 29.5 Å². The molecule has 0 bridgehead atoms. The first-order valence-electron chi connectivity index (χ1n) is 12.4. The second-order valence-electron chi connectivity index (χ2n) is 8.96. The van der Waals surface area contributed by atoms with Gasteiger partial charge in [0.2, 0.25) is 0 Å². The van der Waals surface area contributed by atoms with Crippen LogP contribution >= 0.6 is 11.3 Å². The quantitative estimate of drug-likeness (QED) is 0.186. The molecule has 0 radical (unpaired) electrons. The van der Waals surface area contributed by atoms with E-state index in [1.165, 1.54) is 74.7 Å². The predicted octanol–water partition coefficient (Wildman–Crippen LogP) is 7.83. The van der Waals surface area contributed by atoms with Crippen molar-refractivity contribution < 1.29 is 19.1 Å². The van der Waals surface area contributed by atoms with E-state index < -0.39 is 0 Å². The molecule has 0 aliphatic rings. The summed E-state index contributed by atoms with van der Waals surface area (Å²) in [4.78, 5) is 21.1. The second-order valence-corrected chi connectivity index (χ2v) is 9.88. The molecule has 2 aromatic rings. The number of carbonyl (C=O) groups is 2. The van der Waals surface area contributed by atoms with Gasteiger partial charge in [-0.1, -0.05) is 82.2 Å². The van der Waals surface area contributed by atoms with Crippen LogP contribution in [-0.4, -0.2) is 24.6 Å². The number of rotatable bonds is 12. The Balaban J connectivity index is 0.000000524. The molecule has 2 N–H and O–H groups in total. The van der Waals surface area contributed by atoms with Crippen LogP contribution in [0.3, 0.4) is 0 Å². The van der Waals surface area contributed by atoms with E-state index >= 15 is 0 Å². The number of unbranched alkanes of at least 4 members (excludes halogenated alkanes) is 7. The zero-order chi connectivity index (χ0) is 25.7. The minimum atomic E-state index is -0.333. The van der Waals surface area contributed by atoms with Crippen molar-refractivity contribution in [3.8, 4) is 0 Å². The summed E-state index contributed by atoms with van der Waals surface area (Å²) in [6.45, 7) is 10.3. The van der Waals surface area contributed by atoms with Crippen molar-refractivity contribution in [2.24, 2.45) is 0 Å². The van der Waals surface area contributed by atoms with Gasteiger partial charge in [-0.2, -0.15) is 0 Å². The maximum absolute atomic E-state index is 11.0. The molecule has 0 aliphatic heterocycles. The molecule has 0 amide bonds. The van der Waals surface area contributed by atoms with Gasteiger partial charge in [-0.25, -0.2) is 4.79 Å². The molecule has 0 aliphatic carbocycles. The van der Waals surface area contributed by atoms with Gasteiger partial charge in [0.1, 0.15) is 10.5 Å². The molecule has 0 spiro atoms. The van der Waals surface area contributed by atoms with Gasteiger partial charge < -0.3 is 15.2 Å². The van der Waals surface area contributed by atoms with Crippen LogP contribution in [0, 0.1) is 0 Å². The summed E-state index contributed by atoms with van der Waals surface area (Å²) in [5.74, 6) is -0.333. The number of hydrogen-bond acceptors (Lipinski definition) is 6. The van der Waals surface area contributed by atoms with Gasteiger partial charge in [0, 0.05) is 0 Å². The van der Waals surface area contributed by atoms with Crippen LogP contribution in [0.5, 0.6) is 0 Å². The molecule has 5 nitrogen and oxygen atoms in total. The van der Waals surface area contributed by atoms with Gasteiger partial charge in [-0.3, -0.25) is 4.79 Å². The highest BCUT2D eigenvalue weighted by Gasteiger charge is 2.10. The Labute approximate surface area is 211 Å². The van der Waals surface area contributed by atoms with E-state index in [-0.39, 0.29) is 11.6 Å². The molecule has 1 aromatic heterocycles. The highest BCUT2D eigenvalue weighted by atomic mass is 32.1. The summed E-state index contributed by atoms with van der Waals surface area (Å²) in [5, 5.41) is 1.77. The first-order valence-corrected chi connectivity index (χ1v) is 13.3. The van der Waals surface area contributed by atoms with Gasteiger partial charge in [-0.15, -0.1) is 11.3 Å². The molecular formula is C28H45NO4S. The zero-order valence-corrected chi connectivity index (χ0v) is 22.6. The van der Waals surface area contributed by atoms with Gasteiger partial charge in [0.05, 0.1) is 12.3 Å². The summed E-state index contributed by atoms with van der Waals surface area (Å²) in [5.41, 5.74) is 7.15. The van der Waals surface area contributed by atoms with Gasteiger partial charge >= 0.3 is 5.97 Å². The minimum Gasteiger partial charge on any atom is -0.462 e. The maximum atomic E-state index is 11.0. The number of esters is 1. The molecular weight excluding hydrogens is 446 g/mol. The second kappa shape index (κ2) is 20.1. The van der Waals surface area contributed by atoms with Crippen molar-refractivity contribution in [3.63, 3.8) is 0 Å². The van der Waals surface area contributed by atoms with Crippen molar-refractivity contribution in [1.82, 2.24) is 0 Å². The molecule has 2 rings (SSSR count). The van der Waals surface area contributed by atoms with Crippen molar-refractivity contribution in [1.29, 1.82) is 0 Å². The molecule has 6 heteroatoms. The lowest BCUT2D eigenvalue weighted by Crippen LogP contribution is -2.17. The Kier molecular flexibility index (Phi) is 18.7. The summed E-state index contributed by atoms with van der Waals surface area (Å²) in [6.07, 6.45) is 12.5. The molecule has 0 fully saturated rings. The van der Waals surface area contributed by atoms with Crippen LogP contribution in [0.2, 0.25) is 0 Å². The Bertz CT molecular complexity index is 753. The fraction of sp³-hybridized carbons (Fsp3) is 0.571. The molecule has 192 valence electrons. The van der Waals surface area contributed by atoms with Crippen LogP contribution in [0.1, 0.15) is 101 Å². The summed E-state index contributed by atoms with van der Waals surface area (Å²) in [7, 11) is 0. The van der Waals surface area contributed by atoms with E-state index in [1.807, 2.05) is 20.8 Å². The molecule has 34 heavy (non-hydrogen) atoms. The SMILES string of the molecule is CC(C)(C)OC=O.CCCCCCCCCCc1ccccc1.CCOC(=O)c1sccc1N. The maximum Gasteiger partial charge on any atom is 0.350 e. The molecule has 1 heterocycles. The third kappa shape index (κ3) is 18.1. The Hall–Kier alpha value is -2.34. The van der Waals surface area contributed by atoms with Crippen LogP contribution in [0.25, 0.3) is 0 Å². The molecule has 0 unspecified atom stereocenters. The fourth-order valence-electron chi connectivity index (χ4n) is 2.93. The average molecular weight is 492 g/mol. The van der Waals surface area contributed by atoms with Crippen molar-refractivity contribution in [2.45, 2.75) is 98.0 Å². The van der Waals surface area contributed by atoms with Crippen LogP contribution in [0.4, 0.5) is 5.69 Å². The van der Waals surface area contributed by atoms with Gasteiger partial charge in [-0.05, 0) is 57.5 Å². The lowest BCUT2D eigenvalue weighted by atomic mass is 10.0. The third-order valence-electron chi connectivity index (χ3n) is 4.72. The number of aryl methyl sites for hydroxylation is 1. The lowest BCUT2D eigenvalue weighted by Gasteiger charge is -2.14. The van der Waals surface area contributed by atoms with E-state index in [0.717, 1.165) is 0 Å².